The maximum Gasteiger partial charge on any atom is 0.244 e. The summed E-state index contributed by atoms with van der Waals surface area (Å²) in [6, 6.07) is 6.44. The minimum Gasteiger partial charge on any atom is -0.370 e. The average Bonchev–Trinajstić information content (AvgIpc) is 2.42. The maximum absolute atomic E-state index is 13.8. The number of carbonyl (C=O) groups excluding carboxylic acids is 1. The fraction of sp³-hybridized carbons (Fsp3) is 0.0714. The molecule has 3 N–H and O–H groups in total. The van der Waals surface area contributed by atoms with Crippen molar-refractivity contribution in [1.29, 1.82) is 0 Å². The molecule has 2 rings (SSSR count). The van der Waals surface area contributed by atoms with Gasteiger partial charge in [-0.2, -0.15) is 0 Å². The van der Waals surface area contributed by atoms with Crippen molar-refractivity contribution in [2.24, 2.45) is 5.73 Å². The summed E-state index contributed by atoms with van der Waals surface area (Å²) in [5.41, 5.74) is 5.60. The number of nitrogens with two attached hydrogens (primary N) is 1. The first-order chi connectivity index (χ1) is 9.88. The van der Waals surface area contributed by atoms with Gasteiger partial charge in [0, 0.05) is 15.7 Å². The van der Waals surface area contributed by atoms with Crippen LogP contribution >= 0.6 is 27.5 Å². The van der Waals surface area contributed by atoms with Crippen LogP contribution in [0.1, 0.15) is 11.6 Å². The number of carbonyl (C=O) groups is 1. The molecular formula is C14H10BrClF2N2O. The third kappa shape index (κ3) is 3.71. The summed E-state index contributed by atoms with van der Waals surface area (Å²) in [5.74, 6) is -2.21. The molecule has 0 bridgehead atoms. The van der Waals surface area contributed by atoms with E-state index >= 15 is 0 Å². The molecule has 2 aromatic carbocycles. The van der Waals surface area contributed by atoms with Gasteiger partial charge in [0.15, 0.2) is 0 Å². The van der Waals surface area contributed by atoms with E-state index in [2.05, 4.69) is 21.2 Å². The summed E-state index contributed by atoms with van der Waals surface area (Å²) < 4.78 is 27.6. The second-order valence-corrected chi connectivity index (χ2v) is 5.54. The van der Waals surface area contributed by atoms with Gasteiger partial charge in [0.25, 0.3) is 0 Å². The van der Waals surface area contributed by atoms with E-state index in [4.69, 9.17) is 17.3 Å². The first-order valence-corrected chi connectivity index (χ1v) is 7.01. The Kier molecular flexibility index (Phi) is 4.80. The Labute approximate surface area is 133 Å². The highest BCUT2D eigenvalue weighted by atomic mass is 79.9. The monoisotopic (exact) mass is 374 g/mol. The van der Waals surface area contributed by atoms with Crippen molar-refractivity contribution in [3.8, 4) is 0 Å². The van der Waals surface area contributed by atoms with E-state index in [9.17, 15) is 13.6 Å². The Morgan fingerprint density at radius 2 is 1.95 bits per heavy atom. The summed E-state index contributed by atoms with van der Waals surface area (Å²) >= 11 is 9.10. The second kappa shape index (κ2) is 6.41. The van der Waals surface area contributed by atoms with Gasteiger partial charge < -0.3 is 11.1 Å². The third-order valence-electron chi connectivity index (χ3n) is 2.78. The van der Waals surface area contributed by atoms with Gasteiger partial charge in [0.1, 0.15) is 17.7 Å². The molecule has 0 fully saturated rings. The highest BCUT2D eigenvalue weighted by Gasteiger charge is 2.22. The Morgan fingerprint density at radius 1 is 1.24 bits per heavy atom. The van der Waals surface area contributed by atoms with Crippen LogP contribution in [0, 0.1) is 11.6 Å². The maximum atomic E-state index is 13.8. The lowest BCUT2D eigenvalue weighted by atomic mass is 10.0. The quantitative estimate of drug-likeness (QED) is 0.848. The highest BCUT2D eigenvalue weighted by molar-refractivity contribution is 9.10. The molecule has 1 amide bonds. The summed E-state index contributed by atoms with van der Waals surface area (Å²) in [6.07, 6.45) is 0. The van der Waals surface area contributed by atoms with Crippen LogP contribution in [-0.4, -0.2) is 5.91 Å². The molecule has 1 unspecified atom stereocenters. The van der Waals surface area contributed by atoms with E-state index < -0.39 is 23.6 Å². The molecule has 0 aromatic heterocycles. The first-order valence-electron chi connectivity index (χ1n) is 5.84. The zero-order chi connectivity index (χ0) is 15.6. The van der Waals surface area contributed by atoms with Crippen molar-refractivity contribution in [2.75, 3.05) is 5.32 Å². The van der Waals surface area contributed by atoms with Gasteiger partial charge >= 0.3 is 0 Å². The fourth-order valence-corrected chi connectivity index (χ4v) is 2.29. The smallest absolute Gasteiger partial charge is 0.244 e. The molecule has 0 radical (unpaired) electrons. The molecule has 0 saturated heterocycles. The zero-order valence-electron chi connectivity index (χ0n) is 10.5. The van der Waals surface area contributed by atoms with Crippen LogP contribution in [0.25, 0.3) is 0 Å². The Morgan fingerprint density at radius 3 is 2.57 bits per heavy atom. The van der Waals surface area contributed by atoms with E-state index in [1.807, 2.05) is 0 Å². The number of primary amides is 1. The molecule has 3 nitrogen and oxygen atoms in total. The number of hydrogen-bond acceptors (Lipinski definition) is 2. The number of anilines is 1. The van der Waals surface area contributed by atoms with Crippen molar-refractivity contribution in [3.05, 3.63) is 63.1 Å². The Hall–Kier alpha value is -1.66. The van der Waals surface area contributed by atoms with Gasteiger partial charge in [-0.25, -0.2) is 8.78 Å². The Bertz CT molecular complexity index is 697. The molecule has 0 aliphatic heterocycles. The summed E-state index contributed by atoms with van der Waals surface area (Å²) in [5, 5.41) is 3.24. The molecule has 7 heteroatoms. The van der Waals surface area contributed by atoms with Crippen molar-refractivity contribution >= 4 is 39.1 Å². The highest BCUT2D eigenvalue weighted by Crippen LogP contribution is 2.28. The van der Waals surface area contributed by atoms with Gasteiger partial charge in [-0.15, -0.1) is 0 Å². The predicted octanol–water partition coefficient (Wildman–Crippen LogP) is 4.02. The van der Waals surface area contributed by atoms with Crippen molar-refractivity contribution in [1.82, 2.24) is 0 Å². The summed E-state index contributed by atoms with van der Waals surface area (Å²) in [4.78, 5) is 11.6. The van der Waals surface area contributed by atoms with Crippen LogP contribution in [-0.2, 0) is 4.79 Å². The van der Waals surface area contributed by atoms with Gasteiger partial charge in [-0.1, -0.05) is 11.6 Å². The number of halogens is 4. The van der Waals surface area contributed by atoms with E-state index in [0.29, 0.717) is 15.2 Å². The standard InChI is InChI=1S/C14H10BrClF2N2O/c15-10-6-8(2-3-11(10)16)20-13(14(19)21)9-5-7(17)1-4-12(9)18/h1-6,13,20H,(H2,19,21). The van der Waals surface area contributed by atoms with E-state index in [0.717, 1.165) is 18.2 Å². The molecular weight excluding hydrogens is 366 g/mol. The van der Waals surface area contributed by atoms with Crippen molar-refractivity contribution < 1.29 is 13.6 Å². The van der Waals surface area contributed by atoms with E-state index in [1.165, 1.54) is 0 Å². The molecule has 0 spiro atoms. The number of amides is 1. The lowest BCUT2D eigenvalue weighted by Crippen LogP contribution is -2.28. The molecule has 21 heavy (non-hydrogen) atoms. The van der Waals surface area contributed by atoms with Crippen molar-refractivity contribution in [3.63, 3.8) is 0 Å². The van der Waals surface area contributed by atoms with Gasteiger partial charge in [0.05, 0.1) is 5.02 Å². The molecule has 1 atom stereocenters. The lowest BCUT2D eigenvalue weighted by Gasteiger charge is -2.18. The van der Waals surface area contributed by atoms with Crippen LogP contribution in [0.4, 0.5) is 14.5 Å². The van der Waals surface area contributed by atoms with Gasteiger partial charge in [0.2, 0.25) is 5.91 Å². The van der Waals surface area contributed by atoms with Crippen molar-refractivity contribution in [2.45, 2.75) is 6.04 Å². The van der Waals surface area contributed by atoms with Crippen LogP contribution in [0.3, 0.4) is 0 Å². The fourth-order valence-electron chi connectivity index (χ4n) is 1.79. The average molecular weight is 376 g/mol. The molecule has 0 aliphatic carbocycles. The molecule has 2 aromatic rings. The largest absolute Gasteiger partial charge is 0.370 e. The van der Waals surface area contributed by atoms with Crippen LogP contribution < -0.4 is 11.1 Å². The normalized spacial score (nSPS) is 12.0. The van der Waals surface area contributed by atoms with E-state index in [-0.39, 0.29) is 5.56 Å². The summed E-state index contributed by atoms with van der Waals surface area (Å²) in [6.45, 7) is 0. The second-order valence-electron chi connectivity index (χ2n) is 4.27. The predicted molar refractivity (Wildman–Crippen MR) is 81.1 cm³/mol. The number of hydrogen-bond donors (Lipinski definition) is 2. The minimum atomic E-state index is -1.20. The molecule has 0 heterocycles. The third-order valence-corrected chi connectivity index (χ3v) is 4.00. The first kappa shape index (κ1) is 15.7. The van der Waals surface area contributed by atoms with Gasteiger partial charge in [-0.05, 0) is 52.3 Å². The number of nitrogens with one attached hydrogen (secondary N) is 1. The van der Waals surface area contributed by atoms with Gasteiger partial charge in [-0.3, -0.25) is 4.79 Å². The van der Waals surface area contributed by atoms with Crippen LogP contribution in [0.15, 0.2) is 40.9 Å². The minimum absolute atomic E-state index is 0.159. The SMILES string of the molecule is NC(=O)C(Nc1ccc(Cl)c(Br)c1)c1cc(F)ccc1F. The molecule has 0 aliphatic rings. The number of benzene rings is 2. The van der Waals surface area contributed by atoms with Crippen LogP contribution in [0.2, 0.25) is 5.02 Å². The summed E-state index contributed by atoms with van der Waals surface area (Å²) in [7, 11) is 0. The Balaban J connectivity index is 2.37. The zero-order valence-corrected chi connectivity index (χ0v) is 12.9. The number of rotatable bonds is 4. The molecule has 110 valence electrons. The topological polar surface area (TPSA) is 55.1 Å². The lowest BCUT2D eigenvalue weighted by molar-refractivity contribution is -0.118. The molecule has 0 saturated carbocycles. The van der Waals surface area contributed by atoms with Crippen LogP contribution in [0.5, 0.6) is 0 Å². The van der Waals surface area contributed by atoms with E-state index in [1.54, 1.807) is 18.2 Å².